The number of carbonyl (C=O) groups is 1. The zero-order valence-corrected chi connectivity index (χ0v) is 15.0. The predicted molar refractivity (Wildman–Crippen MR) is 98.1 cm³/mol. The maximum absolute atomic E-state index is 12.5. The van der Waals surface area contributed by atoms with Crippen LogP contribution in [-0.2, 0) is 16.4 Å². The van der Waals surface area contributed by atoms with Crippen LogP contribution in [0.25, 0.3) is 0 Å². The van der Waals surface area contributed by atoms with Gasteiger partial charge in [0.2, 0.25) is 10.0 Å². The van der Waals surface area contributed by atoms with Crippen LogP contribution in [0.3, 0.4) is 0 Å². The molecule has 26 heavy (non-hydrogen) atoms. The highest BCUT2D eigenvalue weighted by Gasteiger charge is 2.27. The molecule has 0 saturated heterocycles. The van der Waals surface area contributed by atoms with E-state index in [1.54, 1.807) is 25.1 Å². The first-order chi connectivity index (χ1) is 12.2. The van der Waals surface area contributed by atoms with Crippen molar-refractivity contribution in [2.75, 3.05) is 22.4 Å². The molecule has 2 aromatic carbocycles. The number of carbonyl (C=O) groups excluding carboxylic acids is 1. The zero-order chi connectivity index (χ0) is 19.1. The Kier molecular flexibility index (Phi) is 4.41. The molecule has 2 aromatic rings. The summed E-state index contributed by atoms with van der Waals surface area (Å²) in [5.41, 5.74) is 2.28. The lowest BCUT2D eigenvalue weighted by atomic mass is 10.1. The zero-order valence-electron chi connectivity index (χ0n) is 14.2. The van der Waals surface area contributed by atoms with Gasteiger partial charge in [-0.3, -0.25) is 19.2 Å². The van der Waals surface area contributed by atoms with Crippen molar-refractivity contribution >= 4 is 33.0 Å². The van der Waals surface area contributed by atoms with Crippen LogP contribution in [0.5, 0.6) is 0 Å². The van der Waals surface area contributed by atoms with Crippen molar-refractivity contribution in [2.24, 2.45) is 0 Å². The highest BCUT2D eigenvalue weighted by atomic mass is 32.2. The Morgan fingerprint density at radius 2 is 1.96 bits per heavy atom. The summed E-state index contributed by atoms with van der Waals surface area (Å²) in [6.07, 6.45) is 1.65. The maximum atomic E-state index is 12.5. The predicted octanol–water partition coefficient (Wildman–Crippen LogP) is 2.48. The van der Waals surface area contributed by atoms with Crippen LogP contribution in [0.15, 0.2) is 36.4 Å². The largest absolute Gasteiger partial charge is 0.316 e. The van der Waals surface area contributed by atoms with Gasteiger partial charge in [-0.1, -0.05) is 6.07 Å². The van der Waals surface area contributed by atoms with Crippen molar-refractivity contribution in [2.45, 2.75) is 13.3 Å². The number of amides is 1. The number of nitrogens with zero attached hydrogens (tertiary/aromatic N) is 2. The topological polar surface area (TPSA) is 110 Å². The number of sulfonamides is 1. The van der Waals surface area contributed by atoms with Crippen LogP contribution in [0.4, 0.5) is 17.1 Å². The van der Waals surface area contributed by atoms with Crippen LogP contribution in [-0.4, -0.2) is 32.0 Å². The Morgan fingerprint density at radius 3 is 2.62 bits per heavy atom. The Balaban J connectivity index is 1.88. The first-order valence-electron chi connectivity index (χ1n) is 7.84. The lowest BCUT2D eigenvalue weighted by Crippen LogP contribution is -2.27. The van der Waals surface area contributed by atoms with Gasteiger partial charge < -0.3 is 5.32 Å². The standard InChI is InChI=1S/C17H17N3O5S/c1-11-3-5-14(16(9-11)20(22)23)18-17(21)13-4-6-15-12(10-13)7-8-19(15)26(2,24)25/h3-6,9-10H,7-8H2,1-2H3,(H,18,21). The van der Waals surface area contributed by atoms with Crippen molar-refractivity contribution in [3.63, 3.8) is 0 Å². The molecule has 0 spiro atoms. The molecule has 136 valence electrons. The van der Waals surface area contributed by atoms with E-state index in [-0.39, 0.29) is 11.4 Å². The number of hydrogen-bond donors (Lipinski definition) is 1. The van der Waals surface area contributed by atoms with E-state index in [1.165, 1.54) is 22.5 Å². The second-order valence-corrected chi connectivity index (χ2v) is 8.07. The van der Waals surface area contributed by atoms with E-state index < -0.39 is 20.9 Å². The molecule has 1 aliphatic heterocycles. The third-order valence-electron chi connectivity index (χ3n) is 4.19. The van der Waals surface area contributed by atoms with Crippen molar-refractivity contribution in [1.82, 2.24) is 0 Å². The van der Waals surface area contributed by atoms with Gasteiger partial charge in [0.05, 0.1) is 16.9 Å². The van der Waals surface area contributed by atoms with Crippen molar-refractivity contribution in [3.8, 4) is 0 Å². The number of nitro groups is 1. The van der Waals surface area contributed by atoms with Gasteiger partial charge in [0.1, 0.15) is 5.69 Å². The first kappa shape index (κ1) is 17.9. The third-order valence-corrected chi connectivity index (χ3v) is 5.37. The minimum atomic E-state index is -3.36. The Hall–Kier alpha value is -2.94. The number of benzene rings is 2. The number of nitrogens with one attached hydrogen (secondary N) is 1. The fraction of sp³-hybridized carbons (Fsp3) is 0.235. The number of hydrogen-bond acceptors (Lipinski definition) is 5. The fourth-order valence-corrected chi connectivity index (χ4v) is 3.91. The Bertz CT molecular complexity index is 1020. The van der Waals surface area contributed by atoms with Crippen molar-refractivity contribution in [3.05, 3.63) is 63.2 Å². The van der Waals surface area contributed by atoms with E-state index in [2.05, 4.69) is 5.32 Å². The lowest BCUT2D eigenvalue weighted by molar-refractivity contribution is -0.384. The van der Waals surface area contributed by atoms with Crippen molar-refractivity contribution in [1.29, 1.82) is 0 Å². The molecule has 0 bridgehead atoms. The van der Waals surface area contributed by atoms with E-state index in [0.717, 1.165) is 11.8 Å². The normalized spacial score (nSPS) is 13.4. The summed E-state index contributed by atoms with van der Waals surface area (Å²) in [6.45, 7) is 2.06. The van der Waals surface area contributed by atoms with E-state index in [1.807, 2.05) is 0 Å². The van der Waals surface area contributed by atoms with Crippen LogP contribution < -0.4 is 9.62 Å². The average Bonchev–Trinajstić information content (AvgIpc) is 2.99. The highest BCUT2D eigenvalue weighted by molar-refractivity contribution is 7.92. The van der Waals surface area contributed by atoms with Crippen LogP contribution >= 0.6 is 0 Å². The summed E-state index contributed by atoms with van der Waals surface area (Å²) in [5.74, 6) is -0.488. The number of nitro benzene ring substituents is 1. The second-order valence-electron chi connectivity index (χ2n) is 6.16. The Labute approximate surface area is 150 Å². The van der Waals surface area contributed by atoms with Crippen LogP contribution in [0, 0.1) is 17.0 Å². The molecular formula is C17H17N3O5S. The van der Waals surface area contributed by atoms with Gasteiger partial charge in [0.25, 0.3) is 11.6 Å². The monoisotopic (exact) mass is 375 g/mol. The summed E-state index contributed by atoms with van der Waals surface area (Å²) in [7, 11) is -3.36. The van der Waals surface area contributed by atoms with Gasteiger partial charge in [-0.15, -0.1) is 0 Å². The van der Waals surface area contributed by atoms with Gasteiger partial charge in [-0.05, 0) is 48.7 Å². The van der Waals surface area contributed by atoms with Gasteiger partial charge in [-0.25, -0.2) is 8.42 Å². The summed E-state index contributed by atoms with van der Waals surface area (Å²) >= 11 is 0. The molecule has 0 fully saturated rings. The summed E-state index contributed by atoms with van der Waals surface area (Å²) in [6, 6.07) is 9.27. The second kappa shape index (κ2) is 6.41. The fourth-order valence-electron chi connectivity index (χ4n) is 2.95. The SMILES string of the molecule is Cc1ccc(NC(=O)c2ccc3c(c2)CCN3S(C)(=O)=O)c([N+](=O)[O-])c1. The molecule has 8 nitrogen and oxygen atoms in total. The Morgan fingerprint density at radius 1 is 1.23 bits per heavy atom. The van der Waals surface area contributed by atoms with E-state index in [4.69, 9.17) is 0 Å². The molecule has 1 heterocycles. The molecule has 0 radical (unpaired) electrons. The maximum Gasteiger partial charge on any atom is 0.293 e. The van der Waals surface area contributed by atoms with E-state index in [0.29, 0.717) is 29.8 Å². The first-order valence-corrected chi connectivity index (χ1v) is 9.68. The molecule has 1 amide bonds. The van der Waals surface area contributed by atoms with E-state index in [9.17, 15) is 23.3 Å². The molecular weight excluding hydrogens is 358 g/mol. The quantitative estimate of drug-likeness (QED) is 0.652. The smallest absolute Gasteiger partial charge is 0.293 e. The van der Waals surface area contributed by atoms with Gasteiger partial charge in [-0.2, -0.15) is 0 Å². The molecule has 0 unspecified atom stereocenters. The molecule has 3 rings (SSSR count). The molecule has 0 aliphatic carbocycles. The van der Waals surface area contributed by atoms with Gasteiger partial charge >= 0.3 is 0 Å². The number of aryl methyl sites for hydroxylation is 1. The van der Waals surface area contributed by atoms with Crippen LogP contribution in [0.1, 0.15) is 21.5 Å². The average molecular weight is 375 g/mol. The van der Waals surface area contributed by atoms with Gasteiger partial charge in [0, 0.05) is 18.2 Å². The molecule has 9 heteroatoms. The van der Waals surface area contributed by atoms with Crippen molar-refractivity contribution < 1.29 is 18.1 Å². The van der Waals surface area contributed by atoms with Crippen LogP contribution in [0.2, 0.25) is 0 Å². The number of anilines is 2. The van der Waals surface area contributed by atoms with E-state index >= 15 is 0 Å². The highest BCUT2D eigenvalue weighted by Crippen LogP contribution is 2.31. The molecule has 1 aliphatic rings. The third kappa shape index (κ3) is 3.38. The summed E-state index contributed by atoms with van der Waals surface area (Å²) < 4.78 is 24.8. The lowest BCUT2D eigenvalue weighted by Gasteiger charge is -2.16. The minimum Gasteiger partial charge on any atom is -0.316 e. The molecule has 1 N–H and O–H groups in total. The number of rotatable bonds is 4. The molecule has 0 saturated carbocycles. The molecule has 0 atom stereocenters. The summed E-state index contributed by atoms with van der Waals surface area (Å²) in [4.78, 5) is 23.1. The number of fused-ring (bicyclic) bond motifs is 1. The van der Waals surface area contributed by atoms with Gasteiger partial charge in [0.15, 0.2) is 0 Å². The minimum absolute atomic E-state index is 0.115. The molecule has 0 aromatic heterocycles. The summed E-state index contributed by atoms with van der Waals surface area (Å²) in [5, 5.41) is 13.7.